The Labute approximate surface area is 93.0 Å². The normalized spacial score (nSPS) is 21.1. The Morgan fingerprint density at radius 3 is 2.67 bits per heavy atom. The molecule has 1 nitrogen and oxygen atoms in total. The maximum atomic E-state index is 3.58. The summed E-state index contributed by atoms with van der Waals surface area (Å²) in [5.74, 6) is 0. The third-order valence-electron chi connectivity index (χ3n) is 2.88. The van der Waals surface area contributed by atoms with Gasteiger partial charge in [-0.05, 0) is 58.1 Å². The van der Waals surface area contributed by atoms with Crippen molar-refractivity contribution < 1.29 is 0 Å². The van der Waals surface area contributed by atoms with Crippen LogP contribution in [0.5, 0.6) is 0 Å². The first-order chi connectivity index (χ1) is 7.04. The van der Waals surface area contributed by atoms with Crippen molar-refractivity contribution in [3.63, 3.8) is 0 Å². The monoisotopic (exact) mass is 203 g/mol. The Bertz CT molecular complexity index is 337. The Morgan fingerprint density at radius 2 is 1.93 bits per heavy atom. The average molecular weight is 203 g/mol. The molecule has 15 heavy (non-hydrogen) atoms. The van der Waals surface area contributed by atoms with E-state index in [9.17, 15) is 0 Å². The van der Waals surface area contributed by atoms with E-state index in [0.29, 0.717) is 0 Å². The molecule has 0 atom stereocenters. The molecule has 0 heterocycles. The van der Waals surface area contributed by atoms with Crippen molar-refractivity contribution in [2.24, 2.45) is 0 Å². The van der Waals surface area contributed by atoms with Crippen molar-refractivity contribution in [3.8, 4) is 0 Å². The van der Waals surface area contributed by atoms with E-state index in [1.165, 1.54) is 37.0 Å². The molecule has 1 heteroatoms. The minimum atomic E-state index is 0.183. The number of nitrogens with one attached hydrogen (secondary N) is 1. The first kappa shape index (κ1) is 10.5. The van der Waals surface area contributed by atoms with Crippen molar-refractivity contribution in [3.05, 3.63) is 35.1 Å². The topological polar surface area (TPSA) is 12.0 Å². The van der Waals surface area contributed by atoms with Gasteiger partial charge in [0.05, 0.1) is 0 Å². The molecule has 0 radical (unpaired) electrons. The van der Waals surface area contributed by atoms with Gasteiger partial charge in [-0.25, -0.2) is 0 Å². The molecule has 0 bridgehead atoms. The first-order valence-electron chi connectivity index (χ1n) is 5.92. The van der Waals surface area contributed by atoms with Crippen LogP contribution >= 0.6 is 0 Å². The minimum absolute atomic E-state index is 0.183. The summed E-state index contributed by atoms with van der Waals surface area (Å²) in [7, 11) is 0. The van der Waals surface area contributed by atoms with Gasteiger partial charge in [0.25, 0.3) is 0 Å². The van der Waals surface area contributed by atoms with Crippen LogP contribution in [-0.2, 0) is 0 Å². The third kappa shape index (κ3) is 2.74. The smallest absolute Gasteiger partial charge is 0.0286 e. The van der Waals surface area contributed by atoms with Gasteiger partial charge in [0, 0.05) is 11.2 Å². The Morgan fingerprint density at radius 1 is 1.13 bits per heavy atom. The molecule has 0 amide bonds. The summed E-state index contributed by atoms with van der Waals surface area (Å²) in [4.78, 5) is 0. The summed E-state index contributed by atoms with van der Waals surface area (Å²) < 4.78 is 0. The highest BCUT2D eigenvalue weighted by molar-refractivity contribution is 5.43. The van der Waals surface area contributed by atoms with E-state index in [4.69, 9.17) is 0 Å². The van der Waals surface area contributed by atoms with Crippen LogP contribution in [0.1, 0.15) is 46.5 Å². The summed E-state index contributed by atoms with van der Waals surface area (Å²) in [5, 5.41) is 3.58. The molecule has 0 aromatic carbocycles. The predicted molar refractivity (Wildman–Crippen MR) is 65.6 cm³/mol. The highest BCUT2D eigenvalue weighted by atomic mass is 15.0. The Kier molecular flexibility index (Phi) is 2.72. The lowest BCUT2D eigenvalue weighted by molar-refractivity contribution is 0.461. The van der Waals surface area contributed by atoms with Gasteiger partial charge < -0.3 is 5.32 Å². The van der Waals surface area contributed by atoms with Crippen molar-refractivity contribution in [1.82, 2.24) is 5.32 Å². The van der Waals surface area contributed by atoms with Crippen molar-refractivity contribution in [2.45, 2.75) is 52.0 Å². The summed E-state index contributed by atoms with van der Waals surface area (Å²) in [6, 6.07) is 0. The lowest BCUT2D eigenvalue weighted by Gasteiger charge is -2.28. The van der Waals surface area contributed by atoms with E-state index in [0.717, 1.165) is 0 Å². The molecule has 0 aliphatic heterocycles. The zero-order chi connectivity index (χ0) is 10.9. The van der Waals surface area contributed by atoms with Gasteiger partial charge in [0.15, 0.2) is 0 Å². The highest BCUT2D eigenvalue weighted by Crippen LogP contribution is 2.30. The third-order valence-corrected chi connectivity index (χ3v) is 2.88. The van der Waals surface area contributed by atoms with Gasteiger partial charge >= 0.3 is 0 Å². The lowest BCUT2D eigenvalue weighted by Crippen LogP contribution is -2.35. The van der Waals surface area contributed by atoms with Crippen LogP contribution in [0.3, 0.4) is 0 Å². The van der Waals surface area contributed by atoms with E-state index >= 15 is 0 Å². The van der Waals surface area contributed by atoms with Crippen molar-refractivity contribution in [1.29, 1.82) is 0 Å². The zero-order valence-electron chi connectivity index (χ0n) is 10.1. The van der Waals surface area contributed by atoms with E-state index in [1.807, 2.05) is 0 Å². The van der Waals surface area contributed by atoms with E-state index in [-0.39, 0.29) is 5.54 Å². The van der Waals surface area contributed by atoms with Crippen LogP contribution in [-0.4, -0.2) is 5.54 Å². The lowest BCUT2D eigenvalue weighted by atomic mass is 9.88. The fraction of sp³-hybridized carbons (Fsp3) is 0.571. The minimum Gasteiger partial charge on any atom is -0.384 e. The van der Waals surface area contributed by atoms with Crippen molar-refractivity contribution >= 4 is 0 Å². The largest absolute Gasteiger partial charge is 0.384 e. The van der Waals surface area contributed by atoms with Crippen LogP contribution < -0.4 is 5.32 Å². The van der Waals surface area contributed by atoms with Gasteiger partial charge in [-0.1, -0.05) is 17.7 Å². The molecule has 0 spiro atoms. The highest BCUT2D eigenvalue weighted by Gasteiger charge is 2.17. The summed E-state index contributed by atoms with van der Waals surface area (Å²) in [5.41, 5.74) is 4.69. The van der Waals surface area contributed by atoms with Gasteiger partial charge in [0.1, 0.15) is 0 Å². The fourth-order valence-electron chi connectivity index (χ4n) is 2.28. The van der Waals surface area contributed by atoms with Crippen LogP contribution in [0.25, 0.3) is 0 Å². The van der Waals surface area contributed by atoms with Crippen LogP contribution in [0.2, 0.25) is 0 Å². The SMILES string of the molecule is CC(C)(C)NC1=CC2=C(CCC=C2)CC1. The van der Waals surface area contributed by atoms with Gasteiger partial charge in [0.2, 0.25) is 0 Å². The molecule has 82 valence electrons. The Hall–Kier alpha value is -0.980. The maximum Gasteiger partial charge on any atom is 0.0286 e. The molecule has 2 aliphatic rings. The molecule has 0 fully saturated rings. The molecule has 0 aromatic heterocycles. The molecule has 0 saturated heterocycles. The molecule has 0 aromatic rings. The summed E-state index contributed by atoms with van der Waals surface area (Å²) in [6.07, 6.45) is 11.8. The molecule has 0 saturated carbocycles. The molecule has 0 unspecified atom stereocenters. The Balaban J connectivity index is 2.14. The number of hydrogen-bond donors (Lipinski definition) is 1. The average Bonchev–Trinajstić information content (AvgIpc) is 2.15. The summed E-state index contributed by atoms with van der Waals surface area (Å²) in [6.45, 7) is 6.65. The van der Waals surface area contributed by atoms with Crippen LogP contribution in [0.4, 0.5) is 0 Å². The number of allylic oxidation sites excluding steroid dienone is 6. The van der Waals surface area contributed by atoms with Crippen LogP contribution in [0, 0.1) is 0 Å². The van der Waals surface area contributed by atoms with E-state index in [1.54, 1.807) is 5.57 Å². The molecular weight excluding hydrogens is 182 g/mol. The zero-order valence-corrected chi connectivity index (χ0v) is 10.1. The first-order valence-corrected chi connectivity index (χ1v) is 5.92. The molecule has 2 aliphatic carbocycles. The second-order valence-corrected chi connectivity index (χ2v) is 5.54. The predicted octanol–water partition coefficient (Wildman–Crippen LogP) is 3.70. The van der Waals surface area contributed by atoms with Gasteiger partial charge in [-0.2, -0.15) is 0 Å². The number of hydrogen-bond acceptors (Lipinski definition) is 1. The van der Waals surface area contributed by atoms with Gasteiger partial charge in [-0.3, -0.25) is 0 Å². The standard InChI is InChI=1S/C14H21N/c1-14(2,3)15-13-9-8-11-6-4-5-7-12(11)10-13/h5,7,10,15H,4,6,8-9H2,1-3H3. The molecule has 2 rings (SSSR count). The quantitative estimate of drug-likeness (QED) is 0.685. The second-order valence-electron chi connectivity index (χ2n) is 5.54. The molecule has 1 N–H and O–H groups in total. The van der Waals surface area contributed by atoms with E-state index < -0.39 is 0 Å². The van der Waals surface area contributed by atoms with Crippen LogP contribution in [0.15, 0.2) is 35.1 Å². The summed E-state index contributed by atoms with van der Waals surface area (Å²) >= 11 is 0. The maximum absolute atomic E-state index is 3.58. The van der Waals surface area contributed by atoms with Crippen molar-refractivity contribution in [2.75, 3.05) is 0 Å². The van der Waals surface area contributed by atoms with E-state index in [2.05, 4.69) is 44.3 Å². The second kappa shape index (κ2) is 3.88. The fourth-order valence-corrected chi connectivity index (χ4v) is 2.28. The molecular formula is C14H21N. The number of rotatable bonds is 1. The van der Waals surface area contributed by atoms with Gasteiger partial charge in [-0.15, -0.1) is 0 Å².